The third-order valence-corrected chi connectivity index (χ3v) is 16.3. The minimum Gasteiger partial charge on any atom is -0.461 e. The van der Waals surface area contributed by atoms with Gasteiger partial charge in [-0.1, -0.05) is 123 Å². The molecule has 11 N–H and O–H groups in total. The summed E-state index contributed by atoms with van der Waals surface area (Å²) in [7, 11) is 18.1. The molecule has 0 radical (unpaired) electrons. The lowest BCUT2D eigenvalue weighted by Crippen LogP contribution is -2.41. The molecular weight excluding hydrogens is 1250 g/mol. The number of rotatable bonds is 56. The molecule has 0 bridgehead atoms. The van der Waals surface area contributed by atoms with E-state index in [1.165, 1.54) is 0 Å². The average Bonchev–Trinajstić information content (AvgIpc) is 0.867. The molecule has 0 aromatic heterocycles. The van der Waals surface area contributed by atoms with Crippen LogP contribution in [0.2, 0.25) is 0 Å². The summed E-state index contributed by atoms with van der Waals surface area (Å²) in [5.41, 5.74) is 6.33. The first-order valence-electron chi connectivity index (χ1n) is 36.2. The van der Waals surface area contributed by atoms with Gasteiger partial charge in [0, 0.05) is 186 Å². The predicted octanol–water partition coefficient (Wildman–Crippen LogP) is 8.91. The van der Waals surface area contributed by atoms with Gasteiger partial charge in [0.25, 0.3) is 0 Å². The second-order valence-electron chi connectivity index (χ2n) is 27.0. The van der Waals surface area contributed by atoms with E-state index in [4.69, 9.17) is 10.5 Å². The number of nitrogens with zero attached hydrogens (tertiary/aromatic N) is 6. The first-order valence-corrected chi connectivity index (χ1v) is 36.2. The summed E-state index contributed by atoms with van der Waals surface area (Å²) < 4.78 is 5.16. The van der Waals surface area contributed by atoms with E-state index in [2.05, 4.69) is 103 Å². The van der Waals surface area contributed by atoms with Crippen molar-refractivity contribution in [3.8, 4) is 0 Å². The van der Waals surface area contributed by atoms with Gasteiger partial charge in [-0.15, -0.1) is 0 Å². The molecule has 5 atom stereocenters. The molecular formula is C73H166N14O11. The van der Waals surface area contributed by atoms with Crippen LogP contribution in [-0.4, -0.2) is 256 Å². The van der Waals surface area contributed by atoms with E-state index in [1.807, 2.05) is 79.5 Å². The molecule has 594 valence electrons. The van der Waals surface area contributed by atoms with Gasteiger partial charge in [-0.25, -0.2) is 0 Å². The van der Waals surface area contributed by atoms with Crippen LogP contribution in [0.25, 0.3) is 0 Å². The van der Waals surface area contributed by atoms with Crippen molar-refractivity contribution >= 4 is 58.8 Å². The van der Waals surface area contributed by atoms with Gasteiger partial charge < -0.3 is 77.9 Å². The SMILES string of the molecule is CCCCCCNC(=O)CC(CC(=O)CC(C)C(=O)NCCCCCC)C(=O)CC(CC(=O)CC(CC(=O)NCCN(C)CCN(C)C)C(=O)NCCCC)C(=O)NCCN(C)CCN(C)C.CCCCNC(=O)C(C)CC(=O)OCc1ccccc1.CN(C)CCN(C)CCN.N.[HH].[HH].[HH].[HH].[HH].[HH].[HH].[HH].[HH].[HH].[HH].[HH].[HH]. The van der Waals surface area contributed by atoms with Crippen molar-refractivity contribution in [2.45, 2.75) is 177 Å². The minimum atomic E-state index is -1.16. The Morgan fingerprint density at radius 1 is 0.398 bits per heavy atom. The van der Waals surface area contributed by atoms with E-state index < -0.39 is 59.4 Å². The van der Waals surface area contributed by atoms with E-state index in [1.54, 1.807) is 13.8 Å². The molecule has 1 aromatic rings. The lowest BCUT2D eigenvalue weighted by molar-refractivity contribution is -0.147. The Kier molecular flexibility index (Phi) is 61.2. The minimum absolute atomic E-state index is 0. The molecule has 0 saturated carbocycles. The monoisotopic (exact) mass is 1420 g/mol. The smallest absolute Gasteiger partial charge is 0.306 e. The summed E-state index contributed by atoms with van der Waals surface area (Å²) >= 11 is 0. The number of hydrogen-bond acceptors (Lipinski definition) is 19. The largest absolute Gasteiger partial charge is 0.461 e. The number of nitrogens with two attached hydrogens (primary N) is 1. The molecule has 25 nitrogen and oxygen atoms in total. The highest BCUT2D eigenvalue weighted by Crippen LogP contribution is 2.23. The molecule has 5 unspecified atom stereocenters. The fraction of sp³-hybridized carbons (Fsp3) is 0.781. The van der Waals surface area contributed by atoms with Gasteiger partial charge in [0.05, 0.1) is 18.3 Å². The first kappa shape index (κ1) is 96.4. The first-order chi connectivity index (χ1) is 46.1. The summed E-state index contributed by atoms with van der Waals surface area (Å²) in [6.45, 7) is 22.8. The second kappa shape index (κ2) is 62.2. The van der Waals surface area contributed by atoms with Crippen LogP contribution in [0.5, 0.6) is 0 Å². The van der Waals surface area contributed by atoms with Crippen molar-refractivity contribution in [3.63, 3.8) is 0 Å². The van der Waals surface area contributed by atoms with Crippen LogP contribution in [0.15, 0.2) is 30.3 Å². The second-order valence-corrected chi connectivity index (χ2v) is 27.0. The number of benzene rings is 1. The van der Waals surface area contributed by atoms with Gasteiger partial charge in [0.15, 0.2) is 0 Å². The Hall–Kier alpha value is -5.80. The summed E-state index contributed by atoms with van der Waals surface area (Å²) in [5, 5.41) is 17.2. The zero-order chi connectivity index (χ0) is 73.3. The third kappa shape index (κ3) is 56.0. The number of ether oxygens (including phenoxy) is 1. The number of Topliss-reactive ketones (excluding diaryl/α,β-unsaturated/α-hetero) is 3. The van der Waals surface area contributed by atoms with Crippen molar-refractivity contribution in [1.82, 2.24) is 67.5 Å². The number of esters is 1. The molecule has 1 rings (SSSR count). The summed E-state index contributed by atoms with van der Waals surface area (Å²) in [4.78, 5) is 145. The fourth-order valence-electron chi connectivity index (χ4n) is 9.76. The van der Waals surface area contributed by atoms with Gasteiger partial charge >= 0.3 is 5.97 Å². The standard InChI is InChI=1S/C50H95N9O8.C16H23NO3.C7H19N3.H3N.13H2/c1-11-14-17-19-22-51-46(63)37-40(33-43(60)32-39(4)48(65)53-23-20-18-15-12-2)45(62)36-41(49(66)55-25-27-59(10)31-29-57(7)8)34-44(61)35-42(50(67)54-21-16-13-3)38-47(64)52-24-26-58(9)30-28-56(5)6;1-3-4-10-17-16(19)13(2)11-15(18)20-12-14-8-6-5-7-9-14;1-9(2)6-7-10(3)5-4-8;;;;;;;;;;;;;;/h39-42H,11-38H2,1-10H3,(H,51,63)(H,52,64)(H,53,65)(H,54,67)(H,55,66);5-9,13H,3-4,10-12H2,1-2H3,(H,17,19);4-8H2,1-3H3;1H3;13*1H. The van der Waals surface area contributed by atoms with Crippen LogP contribution >= 0.6 is 0 Å². The molecule has 0 fully saturated rings. The van der Waals surface area contributed by atoms with Crippen LogP contribution in [0.3, 0.4) is 0 Å². The topological polar surface area (TPSA) is 333 Å². The van der Waals surface area contributed by atoms with E-state index in [-0.39, 0.29) is 118 Å². The zero-order valence-electron chi connectivity index (χ0n) is 63.9. The summed E-state index contributed by atoms with van der Waals surface area (Å²) in [6.07, 6.45) is 9.36. The molecule has 1 aromatic carbocycles. The Bertz CT molecular complexity index is 2360. The lowest BCUT2D eigenvalue weighted by atomic mass is 9.84. The van der Waals surface area contributed by atoms with Crippen molar-refractivity contribution in [3.05, 3.63) is 35.9 Å². The van der Waals surface area contributed by atoms with E-state index >= 15 is 0 Å². The van der Waals surface area contributed by atoms with Gasteiger partial charge in [-0.05, 0) is 94.7 Å². The normalized spacial score (nSPS) is 12.6. The maximum atomic E-state index is 14.3. The number of hydrogen-bond donors (Lipinski definition) is 8. The van der Waals surface area contributed by atoms with E-state index in [0.717, 1.165) is 135 Å². The number of likely N-dealkylation sites (N-methyl/N-ethyl adjacent to an activating group) is 6. The molecule has 98 heavy (non-hydrogen) atoms. The lowest BCUT2D eigenvalue weighted by Gasteiger charge is -2.23. The molecule has 6 amide bonds. The molecule has 0 spiro atoms. The molecule has 0 aliphatic heterocycles. The number of unbranched alkanes of at least 4 members (excludes halogenated alkanes) is 8. The van der Waals surface area contributed by atoms with Crippen LogP contribution in [0.1, 0.15) is 194 Å². The molecule has 0 aliphatic rings. The van der Waals surface area contributed by atoms with Crippen molar-refractivity contribution < 1.29 is 71.2 Å². The maximum Gasteiger partial charge on any atom is 0.306 e. The Morgan fingerprint density at radius 2 is 0.765 bits per heavy atom. The highest BCUT2D eigenvalue weighted by molar-refractivity contribution is 5.97. The Labute approximate surface area is 611 Å². The number of amides is 6. The van der Waals surface area contributed by atoms with Crippen LogP contribution in [0.4, 0.5) is 0 Å². The predicted molar refractivity (Wildman–Crippen MR) is 423 cm³/mol. The zero-order valence-corrected chi connectivity index (χ0v) is 63.9. The van der Waals surface area contributed by atoms with Crippen molar-refractivity contribution in [2.24, 2.45) is 35.3 Å². The van der Waals surface area contributed by atoms with Crippen LogP contribution < -0.4 is 43.8 Å². The molecule has 0 saturated heterocycles. The average molecular weight is 1420 g/mol. The maximum absolute atomic E-state index is 14.3. The van der Waals surface area contributed by atoms with E-state index in [0.29, 0.717) is 45.8 Å². The van der Waals surface area contributed by atoms with Gasteiger partial charge in [0.2, 0.25) is 35.4 Å². The van der Waals surface area contributed by atoms with Gasteiger partial charge in [0.1, 0.15) is 24.0 Å². The molecule has 0 aliphatic carbocycles. The van der Waals surface area contributed by atoms with Gasteiger partial charge in [-0.3, -0.25) is 47.9 Å². The number of carbonyl (C=O) groups is 10. The van der Waals surface area contributed by atoms with Crippen molar-refractivity contribution in [1.29, 1.82) is 0 Å². The number of nitrogens with one attached hydrogen (secondary N) is 6. The van der Waals surface area contributed by atoms with Crippen LogP contribution in [-0.2, 0) is 59.3 Å². The Morgan fingerprint density at radius 3 is 1.22 bits per heavy atom. The highest BCUT2D eigenvalue weighted by atomic mass is 16.5. The molecule has 0 heterocycles. The molecule has 25 heteroatoms. The number of carbonyl (C=O) groups excluding carboxylic acids is 10. The summed E-state index contributed by atoms with van der Waals surface area (Å²) in [5.74, 6) is -7.97. The fourth-order valence-corrected chi connectivity index (χ4v) is 9.76. The highest BCUT2D eigenvalue weighted by Gasteiger charge is 2.33. The van der Waals surface area contributed by atoms with Gasteiger partial charge in [-0.2, -0.15) is 0 Å². The number of ketones is 3. The van der Waals surface area contributed by atoms with E-state index in [9.17, 15) is 47.9 Å². The van der Waals surface area contributed by atoms with Crippen LogP contribution in [0, 0.1) is 29.6 Å². The van der Waals surface area contributed by atoms with Crippen molar-refractivity contribution in [2.75, 3.05) is 168 Å². The summed E-state index contributed by atoms with van der Waals surface area (Å²) in [6, 6.07) is 9.50. The third-order valence-electron chi connectivity index (χ3n) is 16.3. The quantitative estimate of drug-likeness (QED) is 0.0223. The Balaban J connectivity index is -0.000000123.